The van der Waals surface area contributed by atoms with Crippen molar-refractivity contribution < 1.29 is 28.6 Å². The molecule has 1 unspecified atom stereocenters. The molecule has 182 valence electrons. The van der Waals surface area contributed by atoms with Gasteiger partial charge in [0.2, 0.25) is 6.10 Å². The van der Waals surface area contributed by atoms with Gasteiger partial charge in [0, 0.05) is 11.1 Å². The summed E-state index contributed by atoms with van der Waals surface area (Å²) in [5.41, 5.74) is 2.23. The van der Waals surface area contributed by atoms with Gasteiger partial charge in [0.05, 0.1) is 19.4 Å². The molecule has 0 aromatic heterocycles. The largest absolute Gasteiger partial charge is 0.495 e. The predicted octanol–water partition coefficient (Wildman–Crippen LogP) is 4.06. The van der Waals surface area contributed by atoms with E-state index in [1.54, 1.807) is 66.7 Å². The smallest absolute Gasteiger partial charge is 0.326 e. The van der Waals surface area contributed by atoms with E-state index in [9.17, 15) is 14.4 Å². The van der Waals surface area contributed by atoms with E-state index in [1.165, 1.54) is 7.11 Å². The number of methoxy groups -OCH3 is 1. The molecular formula is C27H28N2O6. The molecular weight excluding hydrogens is 448 g/mol. The maximum absolute atomic E-state index is 13.1. The molecule has 8 nitrogen and oxygen atoms in total. The number of hydrogen-bond donors (Lipinski definition) is 2. The van der Waals surface area contributed by atoms with Gasteiger partial charge in [0.1, 0.15) is 18.0 Å². The lowest BCUT2D eigenvalue weighted by Crippen LogP contribution is -2.33. The molecule has 2 amide bonds. The van der Waals surface area contributed by atoms with Gasteiger partial charge in [0.25, 0.3) is 11.8 Å². The van der Waals surface area contributed by atoms with E-state index < -0.39 is 30.4 Å². The van der Waals surface area contributed by atoms with Crippen LogP contribution in [-0.2, 0) is 14.3 Å². The summed E-state index contributed by atoms with van der Waals surface area (Å²) < 4.78 is 16.2. The highest BCUT2D eigenvalue weighted by atomic mass is 16.5. The van der Waals surface area contributed by atoms with Crippen molar-refractivity contribution in [3.8, 4) is 11.5 Å². The highest BCUT2D eigenvalue weighted by Gasteiger charge is 2.26. The van der Waals surface area contributed by atoms with Gasteiger partial charge >= 0.3 is 5.97 Å². The number of carbonyl (C=O) groups excluding carboxylic acids is 3. The van der Waals surface area contributed by atoms with E-state index in [1.807, 2.05) is 19.9 Å². The number of ether oxygens (including phenoxy) is 3. The van der Waals surface area contributed by atoms with Crippen molar-refractivity contribution in [1.29, 1.82) is 0 Å². The predicted molar refractivity (Wildman–Crippen MR) is 132 cm³/mol. The number of hydrogen-bond acceptors (Lipinski definition) is 6. The Balaban J connectivity index is 1.68. The number of anilines is 1. The molecule has 3 aromatic carbocycles. The fourth-order valence-corrected chi connectivity index (χ4v) is 3.32. The number of aryl methyl sites for hydroxylation is 1. The van der Waals surface area contributed by atoms with Crippen molar-refractivity contribution in [2.45, 2.75) is 20.0 Å². The molecule has 0 aliphatic carbocycles. The Hall–Kier alpha value is -4.33. The zero-order valence-corrected chi connectivity index (χ0v) is 19.9. The van der Waals surface area contributed by atoms with Crippen molar-refractivity contribution in [3.05, 3.63) is 89.5 Å². The molecule has 0 radical (unpaired) electrons. The normalized spacial score (nSPS) is 11.2. The van der Waals surface area contributed by atoms with Gasteiger partial charge in [-0.3, -0.25) is 14.4 Å². The lowest BCUT2D eigenvalue weighted by molar-refractivity contribution is -0.153. The summed E-state index contributed by atoms with van der Waals surface area (Å²) in [7, 11) is 1.50. The molecule has 0 saturated carbocycles. The van der Waals surface area contributed by atoms with Crippen LogP contribution in [0.1, 0.15) is 34.5 Å². The van der Waals surface area contributed by atoms with E-state index >= 15 is 0 Å². The standard InChI is InChI=1S/C27H28N2O6/c1-4-34-21-13-11-20(12-14-21)26(31)28-17-24(30)35-25(19-8-6-5-7-9-19)27(32)29-22-16-18(2)10-15-23(22)33-3/h5-16,25H,4,17H2,1-3H3,(H,28,31)(H,29,32). The highest BCUT2D eigenvalue weighted by molar-refractivity contribution is 5.98. The average Bonchev–Trinajstić information content (AvgIpc) is 2.87. The van der Waals surface area contributed by atoms with Crippen LogP contribution >= 0.6 is 0 Å². The highest BCUT2D eigenvalue weighted by Crippen LogP contribution is 2.27. The van der Waals surface area contributed by atoms with Gasteiger partial charge in [-0.1, -0.05) is 36.4 Å². The summed E-state index contributed by atoms with van der Waals surface area (Å²) in [6.45, 7) is 3.87. The minimum Gasteiger partial charge on any atom is -0.495 e. The van der Waals surface area contributed by atoms with Crippen molar-refractivity contribution in [2.24, 2.45) is 0 Å². The summed E-state index contributed by atoms with van der Waals surface area (Å²) in [6.07, 6.45) is -1.23. The number of carbonyl (C=O) groups is 3. The minimum absolute atomic E-state index is 0.366. The van der Waals surface area contributed by atoms with Crippen LogP contribution in [0.4, 0.5) is 5.69 Å². The topological polar surface area (TPSA) is 103 Å². The summed E-state index contributed by atoms with van der Waals surface area (Å²) >= 11 is 0. The third-order valence-corrected chi connectivity index (χ3v) is 5.02. The van der Waals surface area contributed by atoms with Crippen LogP contribution in [-0.4, -0.2) is 38.0 Å². The summed E-state index contributed by atoms with van der Waals surface area (Å²) in [5, 5.41) is 5.29. The number of amides is 2. The molecule has 3 aromatic rings. The second-order valence-electron chi connectivity index (χ2n) is 7.61. The minimum atomic E-state index is -1.23. The Morgan fingerprint density at radius 2 is 1.66 bits per heavy atom. The monoisotopic (exact) mass is 476 g/mol. The fourth-order valence-electron chi connectivity index (χ4n) is 3.32. The van der Waals surface area contributed by atoms with E-state index in [2.05, 4.69) is 10.6 Å². The SMILES string of the molecule is CCOc1ccc(C(=O)NCC(=O)OC(C(=O)Nc2cc(C)ccc2OC)c2ccccc2)cc1. The Labute approximate surface area is 204 Å². The Bertz CT molecular complexity index is 1160. The van der Waals surface area contributed by atoms with Crippen molar-refractivity contribution in [1.82, 2.24) is 5.32 Å². The van der Waals surface area contributed by atoms with Crippen molar-refractivity contribution >= 4 is 23.5 Å². The first kappa shape index (κ1) is 25.3. The quantitative estimate of drug-likeness (QED) is 0.428. The molecule has 3 rings (SSSR count). The molecule has 0 heterocycles. The first-order chi connectivity index (χ1) is 16.9. The second kappa shape index (κ2) is 12.2. The fraction of sp³-hybridized carbons (Fsp3) is 0.222. The van der Waals surface area contributed by atoms with Crippen LogP contribution in [0.2, 0.25) is 0 Å². The molecule has 0 aliphatic rings. The Kier molecular flexibility index (Phi) is 8.83. The van der Waals surface area contributed by atoms with Gasteiger partial charge in [-0.05, 0) is 55.8 Å². The van der Waals surface area contributed by atoms with Gasteiger partial charge in [-0.2, -0.15) is 0 Å². The number of esters is 1. The van der Waals surface area contributed by atoms with E-state index in [4.69, 9.17) is 14.2 Å². The first-order valence-electron chi connectivity index (χ1n) is 11.1. The van der Waals surface area contributed by atoms with Crippen LogP contribution in [0.25, 0.3) is 0 Å². The van der Waals surface area contributed by atoms with Gasteiger partial charge < -0.3 is 24.8 Å². The molecule has 2 N–H and O–H groups in total. The molecule has 35 heavy (non-hydrogen) atoms. The Morgan fingerprint density at radius 3 is 2.31 bits per heavy atom. The summed E-state index contributed by atoms with van der Waals surface area (Å²) in [6, 6.07) is 20.5. The molecule has 0 bridgehead atoms. The number of benzene rings is 3. The third kappa shape index (κ3) is 7.07. The average molecular weight is 477 g/mol. The Morgan fingerprint density at radius 1 is 0.943 bits per heavy atom. The maximum atomic E-state index is 13.1. The summed E-state index contributed by atoms with van der Waals surface area (Å²) in [5.74, 6) is -0.638. The van der Waals surface area contributed by atoms with Crippen molar-refractivity contribution in [2.75, 3.05) is 25.6 Å². The third-order valence-electron chi connectivity index (χ3n) is 5.02. The van der Waals surface area contributed by atoms with Gasteiger partial charge in [0.15, 0.2) is 0 Å². The van der Waals surface area contributed by atoms with Gasteiger partial charge in [-0.15, -0.1) is 0 Å². The molecule has 0 spiro atoms. The lowest BCUT2D eigenvalue weighted by Gasteiger charge is -2.19. The van der Waals surface area contributed by atoms with Crippen LogP contribution in [0.5, 0.6) is 11.5 Å². The lowest BCUT2D eigenvalue weighted by atomic mass is 10.1. The van der Waals surface area contributed by atoms with Gasteiger partial charge in [-0.25, -0.2) is 0 Å². The zero-order valence-electron chi connectivity index (χ0n) is 19.9. The molecule has 0 saturated heterocycles. The van der Waals surface area contributed by atoms with Crippen LogP contribution in [0.15, 0.2) is 72.8 Å². The molecule has 0 aliphatic heterocycles. The van der Waals surface area contributed by atoms with Crippen LogP contribution in [0.3, 0.4) is 0 Å². The maximum Gasteiger partial charge on any atom is 0.326 e. The summed E-state index contributed by atoms with van der Waals surface area (Å²) in [4.78, 5) is 38.1. The molecule has 1 atom stereocenters. The van der Waals surface area contributed by atoms with E-state index in [0.717, 1.165) is 5.56 Å². The van der Waals surface area contributed by atoms with Crippen LogP contribution in [0, 0.1) is 6.92 Å². The van der Waals surface area contributed by atoms with E-state index in [0.29, 0.717) is 34.9 Å². The second-order valence-corrected chi connectivity index (χ2v) is 7.61. The molecule has 0 fully saturated rings. The number of nitrogens with one attached hydrogen (secondary N) is 2. The van der Waals surface area contributed by atoms with E-state index in [-0.39, 0.29) is 0 Å². The van der Waals surface area contributed by atoms with Crippen LogP contribution < -0.4 is 20.1 Å². The first-order valence-corrected chi connectivity index (χ1v) is 11.1. The van der Waals surface area contributed by atoms with Crippen molar-refractivity contribution in [3.63, 3.8) is 0 Å². The zero-order chi connectivity index (χ0) is 25.2. The molecule has 8 heteroatoms. The number of rotatable bonds is 10.